The standard InChI is InChI=1S/C23H25FN6O3/c24-20-6-1-2-7-21(20)28-23(32)27-18-15-26-30(16-18)19-5-3-4-17(14-19)22(31)25-8-9-29-10-12-33-13-11-29/h1-7,14-16H,8-13H2,(H,25,31)(H2,27,28,32). The van der Waals surface area contributed by atoms with E-state index < -0.39 is 11.8 Å². The SMILES string of the molecule is O=C(Nc1cnn(-c2cccc(C(=O)NCCN3CCOCC3)c2)c1)Nc1ccccc1F. The second-order valence-electron chi connectivity index (χ2n) is 7.49. The lowest BCUT2D eigenvalue weighted by molar-refractivity contribution is 0.0383. The van der Waals surface area contributed by atoms with Crippen LogP contribution < -0.4 is 16.0 Å². The highest BCUT2D eigenvalue weighted by molar-refractivity contribution is 5.99. The third-order valence-corrected chi connectivity index (χ3v) is 5.15. The Kier molecular flexibility index (Phi) is 7.28. The number of amides is 3. The summed E-state index contributed by atoms with van der Waals surface area (Å²) in [5.41, 5.74) is 1.68. The maximum Gasteiger partial charge on any atom is 0.323 e. The van der Waals surface area contributed by atoms with Crippen molar-refractivity contribution in [1.82, 2.24) is 20.0 Å². The number of anilines is 2. The minimum absolute atomic E-state index is 0.0784. The summed E-state index contributed by atoms with van der Waals surface area (Å²) in [6, 6.07) is 12.3. The number of morpholine rings is 1. The van der Waals surface area contributed by atoms with E-state index in [0.29, 0.717) is 23.5 Å². The molecular formula is C23H25FN6O3. The fraction of sp³-hybridized carbons (Fsp3) is 0.261. The second-order valence-corrected chi connectivity index (χ2v) is 7.49. The first-order chi connectivity index (χ1) is 16.1. The fourth-order valence-corrected chi connectivity index (χ4v) is 3.42. The molecule has 2 aromatic carbocycles. The molecular weight excluding hydrogens is 427 g/mol. The molecule has 10 heteroatoms. The van der Waals surface area contributed by atoms with Crippen molar-refractivity contribution in [2.45, 2.75) is 0 Å². The van der Waals surface area contributed by atoms with Crippen LogP contribution in [0.2, 0.25) is 0 Å². The number of nitrogens with one attached hydrogen (secondary N) is 3. The Morgan fingerprint density at radius 3 is 2.70 bits per heavy atom. The van der Waals surface area contributed by atoms with E-state index in [0.717, 1.165) is 32.8 Å². The van der Waals surface area contributed by atoms with E-state index in [4.69, 9.17) is 4.74 Å². The van der Waals surface area contributed by atoms with Gasteiger partial charge >= 0.3 is 6.03 Å². The van der Waals surface area contributed by atoms with Gasteiger partial charge in [-0.1, -0.05) is 18.2 Å². The van der Waals surface area contributed by atoms with Gasteiger partial charge in [0.15, 0.2) is 0 Å². The summed E-state index contributed by atoms with van der Waals surface area (Å²) < 4.78 is 20.6. The van der Waals surface area contributed by atoms with Crippen molar-refractivity contribution >= 4 is 23.3 Å². The summed E-state index contributed by atoms with van der Waals surface area (Å²) >= 11 is 0. The molecule has 0 spiro atoms. The summed E-state index contributed by atoms with van der Waals surface area (Å²) in [4.78, 5) is 26.9. The molecule has 3 aromatic rings. The van der Waals surface area contributed by atoms with Gasteiger partial charge in [0.25, 0.3) is 5.91 Å². The Balaban J connectivity index is 1.33. The van der Waals surface area contributed by atoms with E-state index in [1.165, 1.54) is 18.3 Å². The molecule has 3 N–H and O–H groups in total. The van der Waals surface area contributed by atoms with Gasteiger partial charge in [0, 0.05) is 31.7 Å². The molecule has 0 atom stereocenters. The lowest BCUT2D eigenvalue weighted by Gasteiger charge is -2.26. The predicted molar refractivity (Wildman–Crippen MR) is 122 cm³/mol. The number of hydrogen-bond acceptors (Lipinski definition) is 5. The van der Waals surface area contributed by atoms with E-state index >= 15 is 0 Å². The van der Waals surface area contributed by atoms with E-state index in [1.807, 2.05) is 0 Å². The third kappa shape index (κ3) is 6.15. The fourth-order valence-electron chi connectivity index (χ4n) is 3.42. The molecule has 0 saturated carbocycles. The van der Waals surface area contributed by atoms with Gasteiger partial charge in [-0.15, -0.1) is 0 Å². The molecule has 1 saturated heterocycles. The first-order valence-electron chi connectivity index (χ1n) is 10.6. The van der Waals surface area contributed by atoms with Crippen molar-refractivity contribution in [3.63, 3.8) is 0 Å². The molecule has 0 bridgehead atoms. The van der Waals surface area contributed by atoms with Crippen LogP contribution in [0.15, 0.2) is 60.9 Å². The zero-order valence-corrected chi connectivity index (χ0v) is 18.0. The van der Waals surface area contributed by atoms with Gasteiger partial charge in [-0.2, -0.15) is 5.10 Å². The minimum atomic E-state index is -0.590. The number of nitrogens with zero attached hydrogens (tertiary/aromatic N) is 3. The van der Waals surface area contributed by atoms with Crippen LogP contribution in [-0.2, 0) is 4.74 Å². The molecule has 4 rings (SSSR count). The number of para-hydroxylation sites is 1. The molecule has 3 amide bonds. The smallest absolute Gasteiger partial charge is 0.323 e. The number of ether oxygens (including phenoxy) is 1. The Hall–Kier alpha value is -3.76. The average molecular weight is 452 g/mol. The monoisotopic (exact) mass is 452 g/mol. The summed E-state index contributed by atoms with van der Waals surface area (Å²) in [7, 11) is 0. The molecule has 1 aliphatic rings. The summed E-state index contributed by atoms with van der Waals surface area (Å²) in [6.07, 6.45) is 3.08. The Labute approximate surface area is 190 Å². The molecule has 9 nitrogen and oxygen atoms in total. The number of hydrogen-bond donors (Lipinski definition) is 3. The molecule has 0 radical (unpaired) electrons. The van der Waals surface area contributed by atoms with Crippen LogP contribution in [0.25, 0.3) is 5.69 Å². The number of urea groups is 1. The van der Waals surface area contributed by atoms with Gasteiger partial charge in [0.1, 0.15) is 5.82 Å². The molecule has 172 valence electrons. The predicted octanol–water partition coefficient (Wildman–Crippen LogP) is 2.72. The third-order valence-electron chi connectivity index (χ3n) is 5.15. The Bertz CT molecular complexity index is 1110. The van der Waals surface area contributed by atoms with Crippen LogP contribution >= 0.6 is 0 Å². The van der Waals surface area contributed by atoms with Crippen LogP contribution in [0.1, 0.15) is 10.4 Å². The number of rotatable bonds is 7. The molecule has 2 heterocycles. The largest absolute Gasteiger partial charge is 0.379 e. The molecule has 1 aromatic heterocycles. The van der Waals surface area contributed by atoms with Crippen LogP contribution in [-0.4, -0.2) is 66.0 Å². The van der Waals surface area contributed by atoms with Crippen LogP contribution in [0.5, 0.6) is 0 Å². The van der Waals surface area contributed by atoms with Crippen molar-refractivity contribution in [2.75, 3.05) is 50.0 Å². The number of halogens is 1. The highest BCUT2D eigenvalue weighted by Gasteiger charge is 2.12. The van der Waals surface area contributed by atoms with Crippen molar-refractivity contribution in [1.29, 1.82) is 0 Å². The quantitative estimate of drug-likeness (QED) is 0.512. The van der Waals surface area contributed by atoms with Gasteiger partial charge in [0.05, 0.1) is 42.7 Å². The maximum absolute atomic E-state index is 13.7. The van der Waals surface area contributed by atoms with Crippen molar-refractivity contribution in [2.24, 2.45) is 0 Å². The highest BCUT2D eigenvalue weighted by Crippen LogP contribution is 2.16. The van der Waals surface area contributed by atoms with Crippen LogP contribution in [0.3, 0.4) is 0 Å². The first kappa shape index (κ1) is 22.4. The van der Waals surface area contributed by atoms with E-state index in [9.17, 15) is 14.0 Å². The van der Waals surface area contributed by atoms with Crippen LogP contribution in [0.4, 0.5) is 20.6 Å². The molecule has 0 unspecified atom stereocenters. The molecule has 33 heavy (non-hydrogen) atoms. The van der Waals surface area contributed by atoms with Gasteiger partial charge in [-0.25, -0.2) is 13.9 Å². The zero-order chi connectivity index (χ0) is 23.0. The first-order valence-corrected chi connectivity index (χ1v) is 10.6. The summed E-state index contributed by atoms with van der Waals surface area (Å²) in [5, 5.41) is 12.2. The number of benzene rings is 2. The highest BCUT2D eigenvalue weighted by atomic mass is 19.1. The summed E-state index contributed by atoms with van der Waals surface area (Å²) in [6.45, 7) is 4.52. The lowest BCUT2D eigenvalue weighted by Crippen LogP contribution is -2.41. The molecule has 0 aliphatic carbocycles. The van der Waals surface area contributed by atoms with E-state index in [1.54, 1.807) is 47.3 Å². The summed E-state index contributed by atoms with van der Waals surface area (Å²) in [5.74, 6) is -0.691. The van der Waals surface area contributed by atoms with E-state index in [-0.39, 0.29) is 11.6 Å². The number of aromatic nitrogens is 2. The number of carbonyl (C=O) groups is 2. The lowest BCUT2D eigenvalue weighted by atomic mass is 10.2. The van der Waals surface area contributed by atoms with Crippen molar-refractivity contribution in [3.05, 3.63) is 72.3 Å². The van der Waals surface area contributed by atoms with E-state index in [2.05, 4.69) is 25.9 Å². The molecule has 1 aliphatic heterocycles. The van der Waals surface area contributed by atoms with Crippen molar-refractivity contribution in [3.8, 4) is 5.69 Å². The average Bonchev–Trinajstić information content (AvgIpc) is 3.30. The van der Waals surface area contributed by atoms with Crippen molar-refractivity contribution < 1.29 is 18.7 Å². The minimum Gasteiger partial charge on any atom is -0.379 e. The molecule has 1 fully saturated rings. The van der Waals surface area contributed by atoms with Gasteiger partial charge < -0.3 is 20.7 Å². The van der Waals surface area contributed by atoms with Crippen LogP contribution in [0, 0.1) is 5.82 Å². The maximum atomic E-state index is 13.7. The van der Waals surface area contributed by atoms with Gasteiger partial charge in [-0.05, 0) is 30.3 Å². The topological polar surface area (TPSA) is 101 Å². The zero-order valence-electron chi connectivity index (χ0n) is 18.0. The Morgan fingerprint density at radius 1 is 1.06 bits per heavy atom. The number of carbonyl (C=O) groups excluding carboxylic acids is 2. The second kappa shape index (κ2) is 10.7. The van der Waals surface area contributed by atoms with Gasteiger partial charge in [-0.3, -0.25) is 9.69 Å². The Morgan fingerprint density at radius 2 is 1.88 bits per heavy atom. The normalized spacial score (nSPS) is 14.0. The van der Waals surface area contributed by atoms with Gasteiger partial charge in [0.2, 0.25) is 0 Å².